The summed E-state index contributed by atoms with van der Waals surface area (Å²) in [6, 6.07) is 12.7. The third-order valence-electron chi connectivity index (χ3n) is 4.17. The molecule has 31 heavy (non-hydrogen) atoms. The number of imide groups is 1. The van der Waals surface area contributed by atoms with Crippen LogP contribution in [-0.4, -0.2) is 40.8 Å². The summed E-state index contributed by atoms with van der Waals surface area (Å²) in [7, 11) is 0. The Kier molecular flexibility index (Phi) is 9.44. The number of carboxylic acid groups (broad SMARTS) is 1. The Morgan fingerprint density at radius 3 is 2.48 bits per heavy atom. The van der Waals surface area contributed by atoms with Gasteiger partial charge in [-0.15, -0.1) is 17.3 Å². The van der Waals surface area contributed by atoms with Crippen LogP contribution in [0.15, 0.2) is 53.4 Å². The molecule has 5 N–H and O–H groups in total. The van der Waals surface area contributed by atoms with Crippen LogP contribution in [0.1, 0.15) is 12.5 Å². The van der Waals surface area contributed by atoms with Crippen molar-refractivity contribution < 1.29 is 19.5 Å². The van der Waals surface area contributed by atoms with E-state index in [1.165, 1.54) is 6.92 Å². The molecule has 0 saturated heterocycles. The number of carbonyl (C=O) groups excluding carboxylic acids is 2. The molecule has 2 rings (SSSR count). The molecule has 0 radical (unpaired) electrons. The van der Waals surface area contributed by atoms with E-state index in [-0.39, 0.29) is 13.1 Å². The topological polar surface area (TPSA) is 123 Å². The number of halogens is 1. The Balaban J connectivity index is 1.97. The molecule has 1 atom stereocenters. The molecule has 2 aromatic carbocycles. The van der Waals surface area contributed by atoms with E-state index >= 15 is 0 Å². The number of anilines is 1. The van der Waals surface area contributed by atoms with E-state index in [1.54, 1.807) is 42.1 Å². The van der Waals surface area contributed by atoms with Crippen LogP contribution >= 0.6 is 23.4 Å². The zero-order valence-electron chi connectivity index (χ0n) is 17.0. The summed E-state index contributed by atoms with van der Waals surface area (Å²) in [4.78, 5) is 38.2. The first kappa shape index (κ1) is 24.3. The van der Waals surface area contributed by atoms with Gasteiger partial charge in [-0.25, -0.2) is 14.5 Å². The minimum atomic E-state index is -1.12. The highest BCUT2D eigenvalue weighted by Gasteiger charge is 2.26. The summed E-state index contributed by atoms with van der Waals surface area (Å²) in [5, 5.41) is 12.3. The summed E-state index contributed by atoms with van der Waals surface area (Å²) in [5.74, 6) is -2.07. The average molecular weight is 466 g/mol. The maximum atomic E-state index is 12.6. The molecule has 0 aliphatic rings. The van der Waals surface area contributed by atoms with Crippen molar-refractivity contribution in [3.63, 3.8) is 0 Å². The largest absolute Gasteiger partial charge is 0.481 e. The second-order valence-corrected chi connectivity index (χ2v) is 7.86. The number of hydrogen-bond acceptors (Lipinski definition) is 6. The molecule has 0 saturated carbocycles. The molecule has 0 heterocycles. The summed E-state index contributed by atoms with van der Waals surface area (Å²) < 4.78 is 0. The monoisotopic (exact) mass is 465 g/mol. The molecule has 4 amide bonds. The molecule has 0 spiro atoms. The second kappa shape index (κ2) is 12.0. The Morgan fingerprint density at radius 1 is 1.13 bits per heavy atom. The van der Waals surface area contributed by atoms with Gasteiger partial charge in [-0.2, -0.15) is 0 Å². The van der Waals surface area contributed by atoms with Crippen molar-refractivity contribution >= 4 is 47.1 Å². The number of thioether (sulfide) groups is 1. The predicted octanol–water partition coefficient (Wildman–Crippen LogP) is 3.54. The third-order valence-corrected chi connectivity index (χ3v) is 5.15. The maximum absolute atomic E-state index is 12.6. The van der Waals surface area contributed by atoms with Crippen LogP contribution in [-0.2, 0) is 11.3 Å². The summed E-state index contributed by atoms with van der Waals surface area (Å²) >= 11 is 7.41. The van der Waals surface area contributed by atoms with Crippen LogP contribution < -0.4 is 21.7 Å². The molecule has 9 nitrogen and oxygen atoms in total. The fourth-order valence-electron chi connectivity index (χ4n) is 2.41. The molecule has 2 aromatic rings. The number of carbonyl (C=O) groups is 3. The Bertz CT molecular complexity index is 913. The smallest absolute Gasteiger partial charge is 0.341 e. The second-order valence-electron chi connectivity index (χ2n) is 6.55. The van der Waals surface area contributed by atoms with Gasteiger partial charge < -0.3 is 15.8 Å². The van der Waals surface area contributed by atoms with Crippen LogP contribution in [0.3, 0.4) is 0 Å². The van der Waals surface area contributed by atoms with E-state index in [0.29, 0.717) is 10.7 Å². The zero-order chi connectivity index (χ0) is 22.8. The number of hydrogen-bond donors (Lipinski definition) is 5. The predicted molar refractivity (Wildman–Crippen MR) is 121 cm³/mol. The average Bonchev–Trinajstić information content (AvgIpc) is 2.76. The molecule has 166 valence electrons. The van der Waals surface area contributed by atoms with Gasteiger partial charge in [0.05, 0.1) is 11.6 Å². The number of benzene rings is 2. The highest BCUT2D eigenvalue weighted by molar-refractivity contribution is 7.98. The molecular weight excluding hydrogens is 442 g/mol. The molecule has 0 bridgehead atoms. The summed E-state index contributed by atoms with van der Waals surface area (Å²) in [6.45, 7) is 1.25. The third kappa shape index (κ3) is 8.00. The van der Waals surface area contributed by atoms with Gasteiger partial charge in [-0.3, -0.25) is 10.2 Å². The number of aliphatic carboxylic acids is 1. The highest BCUT2D eigenvalue weighted by atomic mass is 35.5. The molecule has 1 unspecified atom stereocenters. The van der Waals surface area contributed by atoms with Gasteiger partial charge in [0.1, 0.15) is 0 Å². The van der Waals surface area contributed by atoms with Crippen molar-refractivity contribution in [3.8, 4) is 0 Å². The standard InChI is InChI=1S/C20H24ClN5O4S/c1-13(18(27)28)12-26(19(29)22-11-14-6-8-15(21)9-7-14)20(30)24-25-23-16-4-3-5-17(10-16)31-2/h3-10,13,23,25H,11-12H2,1-2H3,(H,22,29)(H,24,30)(H,27,28). The minimum absolute atomic E-state index is 0.147. The summed E-state index contributed by atoms with van der Waals surface area (Å²) in [6.07, 6.45) is 1.94. The van der Waals surface area contributed by atoms with Gasteiger partial charge >= 0.3 is 18.0 Å². The van der Waals surface area contributed by atoms with E-state index in [0.717, 1.165) is 15.4 Å². The number of amides is 4. The Hall–Kier alpha value is -2.95. The van der Waals surface area contributed by atoms with Gasteiger partial charge in [0.2, 0.25) is 0 Å². The molecule has 11 heteroatoms. The first-order valence-electron chi connectivity index (χ1n) is 9.27. The van der Waals surface area contributed by atoms with Gasteiger partial charge in [0, 0.05) is 23.0 Å². The van der Waals surface area contributed by atoms with E-state index in [9.17, 15) is 14.4 Å². The molecule has 0 aliphatic heterocycles. The summed E-state index contributed by atoms with van der Waals surface area (Å²) in [5.41, 5.74) is 9.15. The normalized spacial score (nSPS) is 11.3. The lowest BCUT2D eigenvalue weighted by molar-refractivity contribution is -0.141. The van der Waals surface area contributed by atoms with Crippen LogP contribution in [0.2, 0.25) is 5.02 Å². The van der Waals surface area contributed by atoms with E-state index in [4.69, 9.17) is 16.7 Å². The van der Waals surface area contributed by atoms with Crippen LogP contribution in [0.5, 0.6) is 0 Å². The van der Waals surface area contributed by atoms with Crippen molar-refractivity contribution in [2.24, 2.45) is 5.92 Å². The number of nitrogens with one attached hydrogen (secondary N) is 4. The van der Waals surface area contributed by atoms with Gasteiger partial charge in [-0.05, 0) is 42.2 Å². The first-order valence-corrected chi connectivity index (χ1v) is 10.9. The quantitative estimate of drug-likeness (QED) is 0.283. The number of rotatable bonds is 9. The number of nitrogens with zero attached hydrogens (tertiary/aromatic N) is 1. The molecule has 0 aliphatic carbocycles. The lowest BCUT2D eigenvalue weighted by atomic mass is 10.2. The van der Waals surface area contributed by atoms with Gasteiger partial charge in [0.15, 0.2) is 0 Å². The lowest BCUT2D eigenvalue weighted by Gasteiger charge is -2.23. The van der Waals surface area contributed by atoms with Crippen molar-refractivity contribution in [2.45, 2.75) is 18.4 Å². The SMILES string of the molecule is CSc1cccc(NNNC(=O)N(CC(C)C(=O)O)C(=O)NCc2ccc(Cl)cc2)c1. The Labute approximate surface area is 189 Å². The zero-order valence-corrected chi connectivity index (χ0v) is 18.6. The highest BCUT2D eigenvalue weighted by Crippen LogP contribution is 2.18. The Morgan fingerprint density at radius 2 is 1.84 bits per heavy atom. The van der Waals surface area contributed by atoms with E-state index < -0.39 is 23.9 Å². The van der Waals surface area contributed by atoms with Crippen molar-refractivity contribution in [1.29, 1.82) is 0 Å². The number of hydrazine groups is 2. The van der Waals surface area contributed by atoms with E-state index in [2.05, 4.69) is 21.7 Å². The van der Waals surface area contributed by atoms with Crippen LogP contribution in [0, 0.1) is 5.92 Å². The van der Waals surface area contributed by atoms with Crippen molar-refractivity contribution in [2.75, 3.05) is 18.2 Å². The van der Waals surface area contributed by atoms with Crippen LogP contribution in [0.4, 0.5) is 15.3 Å². The van der Waals surface area contributed by atoms with Crippen molar-refractivity contribution in [3.05, 3.63) is 59.1 Å². The maximum Gasteiger partial charge on any atom is 0.341 e. The number of urea groups is 2. The van der Waals surface area contributed by atoms with Gasteiger partial charge in [-0.1, -0.05) is 36.7 Å². The lowest BCUT2D eigenvalue weighted by Crippen LogP contribution is -2.54. The molecule has 0 fully saturated rings. The molecule has 0 aromatic heterocycles. The van der Waals surface area contributed by atoms with E-state index in [1.807, 2.05) is 24.5 Å². The first-order chi connectivity index (χ1) is 14.8. The minimum Gasteiger partial charge on any atom is -0.481 e. The number of carboxylic acids is 1. The fraction of sp³-hybridized carbons (Fsp3) is 0.250. The van der Waals surface area contributed by atoms with Crippen molar-refractivity contribution in [1.82, 2.24) is 21.2 Å². The van der Waals surface area contributed by atoms with Gasteiger partial charge in [0.25, 0.3) is 0 Å². The molecular formula is C20H24ClN5O4S. The fourth-order valence-corrected chi connectivity index (χ4v) is 3.00. The van der Waals surface area contributed by atoms with Crippen LogP contribution in [0.25, 0.3) is 0 Å².